The summed E-state index contributed by atoms with van der Waals surface area (Å²) < 4.78 is 35.9. The first kappa shape index (κ1) is 16.6. The van der Waals surface area contributed by atoms with E-state index in [1.54, 1.807) is 12.1 Å². The van der Waals surface area contributed by atoms with E-state index in [-0.39, 0.29) is 11.7 Å². The minimum Gasteiger partial charge on any atom is -0.508 e. The molecule has 3 fully saturated rings. The number of fused-ring (bicyclic) bond motifs is 4. The first-order valence-electron chi connectivity index (χ1n) is 9.46. The van der Waals surface area contributed by atoms with Crippen molar-refractivity contribution in [2.75, 3.05) is 13.1 Å². The van der Waals surface area contributed by atoms with Crippen LogP contribution >= 0.6 is 0 Å². The van der Waals surface area contributed by atoms with Gasteiger partial charge in [-0.2, -0.15) is 8.42 Å². The largest absolute Gasteiger partial charge is 0.508 e. The third-order valence-electron chi connectivity index (χ3n) is 6.84. The van der Waals surface area contributed by atoms with Gasteiger partial charge in [0, 0.05) is 36.1 Å². The molecule has 4 aliphatic rings. The van der Waals surface area contributed by atoms with Gasteiger partial charge in [-0.1, -0.05) is 13.3 Å². The monoisotopic (exact) mass is 376 g/mol. The van der Waals surface area contributed by atoms with Crippen molar-refractivity contribution in [2.24, 2.45) is 11.8 Å². The lowest BCUT2D eigenvalue weighted by Crippen LogP contribution is -2.56. The lowest BCUT2D eigenvalue weighted by atomic mass is 9.65. The second-order valence-electron chi connectivity index (χ2n) is 8.16. The predicted molar refractivity (Wildman–Crippen MR) is 98.9 cm³/mol. The van der Waals surface area contributed by atoms with Crippen LogP contribution in [-0.2, 0) is 16.7 Å². The number of aromatic nitrogens is 1. The minimum absolute atomic E-state index is 0.112. The average molecular weight is 376 g/mol. The molecule has 0 radical (unpaired) electrons. The quantitative estimate of drug-likeness (QED) is 0.788. The molecule has 6 rings (SSSR count). The number of hydrogen-bond donors (Lipinski definition) is 2. The topological polar surface area (TPSA) is 82.8 Å². The third kappa shape index (κ3) is 2.20. The molecule has 140 valence electrons. The minimum atomic E-state index is -4.42. The number of phenols is 1. The average Bonchev–Trinajstić information content (AvgIpc) is 2.87. The van der Waals surface area contributed by atoms with E-state index in [0.717, 1.165) is 53.0 Å². The molecule has 1 unspecified atom stereocenters. The van der Waals surface area contributed by atoms with E-state index in [4.69, 9.17) is 0 Å². The highest BCUT2D eigenvalue weighted by molar-refractivity contribution is 7.84. The fraction of sp³-hybridized carbons (Fsp3) is 0.579. The maximum atomic E-state index is 12.3. The normalized spacial score (nSPS) is 33.2. The van der Waals surface area contributed by atoms with Gasteiger partial charge in [0.05, 0.1) is 5.52 Å². The summed E-state index contributed by atoms with van der Waals surface area (Å²) in [6.07, 6.45) is 4.03. The molecule has 6 nitrogen and oxygen atoms in total. The molecule has 3 aliphatic heterocycles. The van der Waals surface area contributed by atoms with Crippen LogP contribution in [0.3, 0.4) is 0 Å². The molecule has 7 heteroatoms. The van der Waals surface area contributed by atoms with Crippen LogP contribution in [0, 0.1) is 11.8 Å². The maximum absolute atomic E-state index is 12.3. The number of hydrogen-bond acceptors (Lipinski definition) is 4. The Labute approximate surface area is 153 Å². The second-order valence-corrected chi connectivity index (χ2v) is 9.42. The second kappa shape index (κ2) is 5.47. The molecule has 0 spiro atoms. The highest BCUT2D eigenvalue weighted by atomic mass is 32.2. The zero-order valence-electron chi connectivity index (χ0n) is 14.8. The van der Waals surface area contributed by atoms with Gasteiger partial charge in [-0.15, -0.1) is 0 Å². The number of phenolic OH excluding ortho intramolecular Hbond substituents is 1. The summed E-state index contributed by atoms with van der Waals surface area (Å²) in [5, 5.41) is 10.7. The molecule has 1 aromatic carbocycles. The van der Waals surface area contributed by atoms with Gasteiger partial charge in [0.1, 0.15) is 5.75 Å². The first-order chi connectivity index (χ1) is 12.4. The summed E-state index contributed by atoms with van der Waals surface area (Å²) >= 11 is 0. The number of nitrogens with zero attached hydrogens (tertiary/aromatic N) is 2. The van der Waals surface area contributed by atoms with Crippen molar-refractivity contribution < 1.29 is 18.1 Å². The van der Waals surface area contributed by atoms with Crippen molar-refractivity contribution in [3.63, 3.8) is 0 Å². The molecule has 5 atom stereocenters. The van der Waals surface area contributed by atoms with Crippen LogP contribution in [0.4, 0.5) is 0 Å². The molecular weight excluding hydrogens is 352 g/mol. The Kier molecular flexibility index (Phi) is 3.49. The number of aromatic hydroxyl groups is 1. The van der Waals surface area contributed by atoms with Gasteiger partial charge in [-0.25, -0.2) is 3.97 Å². The van der Waals surface area contributed by atoms with Gasteiger partial charge in [0.25, 0.3) is 0 Å². The van der Waals surface area contributed by atoms with Crippen molar-refractivity contribution in [3.05, 3.63) is 29.5 Å². The van der Waals surface area contributed by atoms with Crippen molar-refractivity contribution >= 4 is 21.2 Å². The van der Waals surface area contributed by atoms with E-state index in [0.29, 0.717) is 23.4 Å². The van der Waals surface area contributed by atoms with Crippen LogP contribution in [-0.4, -0.2) is 46.1 Å². The third-order valence-corrected chi connectivity index (χ3v) is 7.70. The summed E-state index contributed by atoms with van der Waals surface area (Å²) in [7, 11) is -4.42. The van der Waals surface area contributed by atoms with Gasteiger partial charge in [0.15, 0.2) is 0 Å². The molecule has 1 saturated carbocycles. The van der Waals surface area contributed by atoms with Gasteiger partial charge in [0.2, 0.25) is 0 Å². The Morgan fingerprint density at radius 3 is 2.81 bits per heavy atom. The number of piperidine rings is 2. The maximum Gasteiger partial charge on any atom is 0.364 e. The smallest absolute Gasteiger partial charge is 0.364 e. The van der Waals surface area contributed by atoms with Gasteiger partial charge in [-0.05, 0) is 54.9 Å². The van der Waals surface area contributed by atoms with E-state index >= 15 is 0 Å². The van der Waals surface area contributed by atoms with E-state index in [2.05, 4.69) is 11.8 Å². The number of benzene rings is 1. The predicted octanol–water partition coefficient (Wildman–Crippen LogP) is 2.76. The molecule has 0 amide bonds. The van der Waals surface area contributed by atoms with Gasteiger partial charge >= 0.3 is 10.3 Å². The zero-order chi connectivity index (χ0) is 18.2. The molecule has 2 saturated heterocycles. The van der Waals surface area contributed by atoms with Crippen LogP contribution in [0.1, 0.15) is 43.4 Å². The van der Waals surface area contributed by atoms with Gasteiger partial charge in [-0.3, -0.25) is 9.45 Å². The zero-order valence-corrected chi connectivity index (χ0v) is 15.6. The standard InChI is InChI=1S/C19H24N2O4S/c1-2-12-7-11-8-16-18(12)20(10-11)6-5-14-15-9-13(22)3-4-17(15)21(19(14)16)26(23,24)25/h3-4,9,11-12,16,18,22H,2,5-8,10H2,1H3,(H,23,24,25)/t11-,12+,16-,18+/m1/s1. The molecular formula is C19H24N2O4S. The van der Waals surface area contributed by atoms with Crippen molar-refractivity contribution in [1.82, 2.24) is 8.87 Å². The molecule has 2 aromatic rings. The summed E-state index contributed by atoms with van der Waals surface area (Å²) in [6.45, 7) is 4.22. The lowest BCUT2D eigenvalue weighted by molar-refractivity contribution is -0.0137. The van der Waals surface area contributed by atoms with Crippen LogP contribution in [0.15, 0.2) is 18.2 Å². The molecule has 2 N–H and O–H groups in total. The van der Waals surface area contributed by atoms with Crippen LogP contribution in [0.2, 0.25) is 0 Å². The summed E-state index contributed by atoms with van der Waals surface area (Å²) in [4.78, 5) is 2.54. The summed E-state index contributed by atoms with van der Waals surface area (Å²) in [5.74, 6) is 1.39. The highest BCUT2D eigenvalue weighted by Crippen LogP contribution is 2.52. The molecule has 4 heterocycles. The Morgan fingerprint density at radius 1 is 1.27 bits per heavy atom. The van der Waals surface area contributed by atoms with E-state index in [1.807, 2.05) is 0 Å². The van der Waals surface area contributed by atoms with Crippen LogP contribution in [0.5, 0.6) is 5.75 Å². The van der Waals surface area contributed by atoms with E-state index in [9.17, 15) is 18.1 Å². The molecule has 26 heavy (non-hydrogen) atoms. The Bertz CT molecular complexity index is 997. The Hall–Kier alpha value is -1.57. The van der Waals surface area contributed by atoms with E-state index < -0.39 is 10.3 Å². The fourth-order valence-corrected chi connectivity index (χ4v) is 6.94. The van der Waals surface area contributed by atoms with Crippen molar-refractivity contribution in [3.8, 4) is 5.75 Å². The fourth-order valence-electron chi connectivity index (χ4n) is 6.04. The number of rotatable bonds is 2. The van der Waals surface area contributed by atoms with Crippen LogP contribution in [0.25, 0.3) is 10.9 Å². The highest BCUT2D eigenvalue weighted by Gasteiger charge is 2.50. The van der Waals surface area contributed by atoms with E-state index in [1.165, 1.54) is 12.5 Å². The molecule has 4 bridgehead atoms. The summed E-state index contributed by atoms with van der Waals surface area (Å²) in [5.41, 5.74) is 2.20. The first-order valence-corrected chi connectivity index (χ1v) is 10.9. The van der Waals surface area contributed by atoms with Gasteiger partial charge < -0.3 is 5.11 Å². The van der Waals surface area contributed by atoms with Crippen molar-refractivity contribution in [1.29, 1.82) is 0 Å². The Balaban J connectivity index is 1.82. The Morgan fingerprint density at radius 2 is 2.08 bits per heavy atom. The summed E-state index contributed by atoms with van der Waals surface area (Å²) in [6, 6.07) is 5.06. The SMILES string of the molecule is CC[C@H]1C[C@@H]2C[C@H]3c4c(c5cc(O)ccc5n4S(=O)(=O)O)CCN(C2)[C@@H]13. The van der Waals surface area contributed by atoms with Crippen molar-refractivity contribution in [2.45, 2.75) is 44.6 Å². The van der Waals surface area contributed by atoms with Crippen LogP contribution < -0.4 is 0 Å². The lowest BCUT2D eigenvalue weighted by Gasteiger charge is -2.53. The molecule has 1 aliphatic carbocycles. The molecule has 1 aromatic heterocycles.